The van der Waals surface area contributed by atoms with Gasteiger partial charge in [0, 0.05) is 13.5 Å². The number of fused-ring (bicyclic) bond motifs is 1. The first kappa shape index (κ1) is 10.8. The molecule has 0 unspecified atom stereocenters. The molecule has 0 saturated carbocycles. The summed E-state index contributed by atoms with van der Waals surface area (Å²) in [5.41, 5.74) is 1.20. The maximum absolute atomic E-state index is 11.2. The van der Waals surface area contributed by atoms with E-state index in [9.17, 15) is 4.79 Å². The Morgan fingerprint density at radius 2 is 2.31 bits per heavy atom. The standard InChI is InChI=1S/C12H15NO3/c1-13(12(14)15-2)8-10-7-9-5-3-4-6-11(9)16-10/h3-6,10H,7-8H2,1-2H3/t10-/m0/s1. The van der Waals surface area contributed by atoms with Crippen molar-refractivity contribution in [3.05, 3.63) is 29.8 Å². The van der Waals surface area contributed by atoms with Gasteiger partial charge < -0.3 is 14.4 Å². The first-order valence-corrected chi connectivity index (χ1v) is 5.24. The van der Waals surface area contributed by atoms with Crippen molar-refractivity contribution in [2.45, 2.75) is 12.5 Å². The van der Waals surface area contributed by atoms with Gasteiger partial charge in [-0.05, 0) is 11.6 Å². The van der Waals surface area contributed by atoms with Crippen LogP contribution in [0.15, 0.2) is 24.3 Å². The average molecular weight is 221 g/mol. The third kappa shape index (κ3) is 2.10. The van der Waals surface area contributed by atoms with E-state index in [0.29, 0.717) is 6.54 Å². The number of ether oxygens (including phenoxy) is 2. The first-order valence-electron chi connectivity index (χ1n) is 5.24. The van der Waals surface area contributed by atoms with Gasteiger partial charge in [0.15, 0.2) is 0 Å². The number of nitrogens with zero attached hydrogens (tertiary/aromatic N) is 1. The molecule has 0 radical (unpaired) electrons. The molecule has 0 bridgehead atoms. The van der Waals surface area contributed by atoms with Gasteiger partial charge in [-0.3, -0.25) is 0 Å². The predicted molar refractivity (Wildman–Crippen MR) is 59.6 cm³/mol. The van der Waals surface area contributed by atoms with Crippen molar-refractivity contribution < 1.29 is 14.3 Å². The zero-order valence-electron chi connectivity index (χ0n) is 9.47. The minimum Gasteiger partial charge on any atom is -0.488 e. The van der Waals surface area contributed by atoms with Crippen LogP contribution < -0.4 is 4.74 Å². The molecular weight excluding hydrogens is 206 g/mol. The summed E-state index contributed by atoms with van der Waals surface area (Å²) in [4.78, 5) is 12.7. The number of rotatable bonds is 2. The van der Waals surface area contributed by atoms with E-state index >= 15 is 0 Å². The van der Waals surface area contributed by atoms with Crippen molar-refractivity contribution >= 4 is 6.09 Å². The number of amides is 1. The van der Waals surface area contributed by atoms with Gasteiger partial charge in [0.05, 0.1) is 13.7 Å². The monoisotopic (exact) mass is 221 g/mol. The lowest BCUT2D eigenvalue weighted by atomic mass is 10.1. The van der Waals surface area contributed by atoms with E-state index in [2.05, 4.69) is 4.74 Å². The average Bonchev–Trinajstić information content (AvgIpc) is 2.69. The second-order valence-corrected chi connectivity index (χ2v) is 3.90. The molecule has 1 aliphatic rings. The largest absolute Gasteiger partial charge is 0.488 e. The quantitative estimate of drug-likeness (QED) is 0.762. The van der Waals surface area contributed by atoms with Gasteiger partial charge in [0.2, 0.25) is 0 Å². The summed E-state index contributed by atoms with van der Waals surface area (Å²) in [5, 5.41) is 0. The fraction of sp³-hybridized carbons (Fsp3) is 0.417. The Kier molecular flexibility index (Phi) is 2.99. The third-order valence-corrected chi connectivity index (χ3v) is 2.68. The van der Waals surface area contributed by atoms with Crippen LogP contribution in [0, 0.1) is 0 Å². The molecule has 0 aromatic heterocycles. The molecule has 1 heterocycles. The molecule has 16 heavy (non-hydrogen) atoms. The number of carbonyl (C=O) groups excluding carboxylic acids is 1. The predicted octanol–water partition coefficient (Wildman–Crippen LogP) is 1.69. The zero-order valence-corrected chi connectivity index (χ0v) is 9.47. The molecule has 1 amide bonds. The normalized spacial score (nSPS) is 17.5. The van der Waals surface area contributed by atoms with Crippen molar-refractivity contribution in [3.63, 3.8) is 0 Å². The molecular formula is C12H15NO3. The van der Waals surface area contributed by atoms with Gasteiger partial charge in [-0.1, -0.05) is 18.2 Å². The highest BCUT2D eigenvalue weighted by atomic mass is 16.5. The van der Waals surface area contributed by atoms with Crippen molar-refractivity contribution in [2.75, 3.05) is 20.7 Å². The zero-order chi connectivity index (χ0) is 11.5. The van der Waals surface area contributed by atoms with Gasteiger partial charge in [-0.2, -0.15) is 0 Å². The topological polar surface area (TPSA) is 38.8 Å². The molecule has 1 atom stereocenters. The molecule has 0 aliphatic carbocycles. The van der Waals surface area contributed by atoms with E-state index < -0.39 is 0 Å². The Morgan fingerprint density at radius 1 is 1.56 bits per heavy atom. The van der Waals surface area contributed by atoms with Gasteiger partial charge in [0.25, 0.3) is 0 Å². The van der Waals surface area contributed by atoms with E-state index in [1.54, 1.807) is 7.05 Å². The maximum atomic E-state index is 11.2. The number of para-hydroxylation sites is 1. The van der Waals surface area contributed by atoms with Crippen LogP contribution in [0.1, 0.15) is 5.56 Å². The van der Waals surface area contributed by atoms with Crippen molar-refractivity contribution in [1.82, 2.24) is 4.90 Å². The summed E-state index contributed by atoms with van der Waals surface area (Å²) < 4.78 is 10.4. The Morgan fingerprint density at radius 3 is 3.00 bits per heavy atom. The van der Waals surface area contributed by atoms with Crippen LogP contribution in [0.3, 0.4) is 0 Å². The van der Waals surface area contributed by atoms with Crippen LogP contribution in [0.4, 0.5) is 4.79 Å². The second-order valence-electron chi connectivity index (χ2n) is 3.90. The van der Waals surface area contributed by atoms with Crippen LogP contribution in [0.2, 0.25) is 0 Å². The maximum Gasteiger partial charge on any atom is 0.409 e. The molecule has 1 aliphatic heterocycles. The number of hydrogen-bond donors (Lipinski definition) is 0. The molecule has 1 aromatic carbocycles. The van der Waals surface area contributed by atoms with Crippen molar-refractivity contribution in [2.24, 2.45) is 0 Å². The van der Waals surface area contributed by atoms with E-state index in [4.69, 9.17) is 4.74 Å². The molecule has 86 valence electrons. The van der Waals surface area contributed by atoms with Gasteiger partial charge in [0.1, 0.15) is 11.9 Å². The first-order chi connectivity index (χ1) is 7.70. The lowest BCUT2D eigenvalue weighted by Gasteiger charge is -2.19. The highest BCUT2D eigenvalue weighted by molar-refractivity contribution is 5.67. The summed E-state index contributed by atoms with van der Waals surface area (Å²) in [6, 6.07) is 7.95. The third-order valence-electron chi connectivity index (χ3n) is 2.68. The molecule has 4 nitrogen and oxygen atoms in total. The summed E-state index contributed by atoms with van der Waals surface area (Å²) in [7, 11) is 3.08. The SMILES string of the molecule is COC(=O)N(C)C[C@@H]1Cc2ccccc2O1. The summed E-state index contributed by atoms with van der Waals surface area (Å²) >= 11 is 0. The van der Waals surface area contributed by atoms with Crippen LogP contribution >= 0.6 is 0 Å². The number of hydrogen-bond acceptors (Lipinski definition) is 3. The van der Waals surface area contributed by atoms with Crippen LogP contribution in [-0.4, -0.2) is 37.8 Å². The fourth-order valence-electron chi connectivity index (χ4n) is 1.89. The second kappa shape index (κ2) is 4.43. The van der Waals surface area contributed by atoms with E-state index in [1.807, 2.05) is 24.3 Å². The van der Waals surface area contributed by atoms with Gasteiger partial charge >= 0.3 is 6.09 Å². The Labute approximate surface area is 94.8 Å². The van der Waals surface area contributed by atoms with Crippen molar-refractivity contribution in [1.29, 1.82) is 0 Å². The summed E-state index contributed by atoms with van der Waals surface area (Å²) in [6.45, 7) is 0.543. The minimum atomic E-state index is -0.334. The lowest BCUT2D eigenvalue weighted by molar-refractivity contribution is 0.112. The lowest BCUT2D eigenvalue weighted by Crippen LogP contribution is -2.36. The van der Waals surface area contributed by atoms with E-state index in [0.717, 1.165) is 12.2 Å². The van der Waals surface area contributed by atoms with Crippen LogP contribution in [0.25, 0.3) is 0 Å². The van der Waals surface area contributed by atoms with E-state index in [1.165, 1.54) is 17.6 Å². The van der Waals surface area contributed by atoms with Gasteiger partial charge in [-0.25, -0.2) is 4.79 Å². The smallest absolute Gasteiger partial charge is 0.409 e. The molecule has 0 N–H and O–H groups in total. The molecule has 1 aromatic rings. The van der Waals surface area contributed by atoms with Crippen LogP contribution in [-0.2, 0) is 11.2 Å². The number of likely N-dealkylation sites (N-methyl/N-ethyl adjacent to an activating group) is 1. The Balaban J connectivity index is 1.94. The van der Waals surface area contributed by atoms with Crippen molar-refractivity contribution in [3.8, 4) is 5.75 Å². The van der Waals surface area contributed by atoms with E-state index in [-0.39, 0.29) is 12.2 Å². The highest BCUT2D eigenvalue weighted by Gasteiger charge is 2.25. The van der Waals surface area contributed by atoms with Gasteiger partial charge in [-0.15, -0.1) is 0 Å². The van der Waals surface area contributed by atoms with Crippen LogP contribution in [0.5, 0.6) is 5.75 Å². The number of benzene rings is 1. The number of methoxy groups -OCH3 is 1. The fourth-order valence-corrected chi connectivity index (χ4v) is 1.89. The number of carbonyl (C=O) groups is 1. The Hall–Kier alpha value is -1.71. The molecule has 4 heteroatoms. The molecule has 0 spiro atoms. The highest BCUT2D eigenvalue weighted by Crippen LogP contribution is 2.28. The molecule has 0 fully saturated rings. The molecule has 0 saturated heterocycles. The minimum absolute atomic E-state index is 0.0292. The Bertz CT molecular complexity index is 367. The summed E-state index contributed by atoms with van der Waals surface area (Å²) in [5.74, 6) is 0.922. The molecule has 2 rings (SSSR count). The summed E-state index contributed by atoms with van der Waals surface area (Å²) in [6.07, 6.45) is 0.540.